The van der Waals surface area contributed by atoms with Crippen LogP contribution in [0.2, 0.25) is 0 Å². The second-order valence-corrected chi connectivity index (χ2v) is 4.43. The topological polar surface area (TPSA) is 73.9 Å². The lowest BCUT2D eigenvalue weighted by atomic mass is 9.89. The zero-order valence-corrected chi connectivity index (χ0v) is 9.85. The van der Waals surface area contributed by atoms with E-state index in [1.807, 2.05) is 0 Å². The van der Waals surface area contributed by atoms with Gasteiger partial charge < -0.3 is 19.5 Å². The number of piperidine rings is 1. The first kappa shape index (κ1) is 12.1. The van der Waals surface area contributed by atoms with Gasteiger partial charge in [0.2, 0.25) is 5.76 Å². The summed E-state index contributed by atoms with van der Waals surface area (Å²) in [5, 5.41) is 19.2. The van der Waals surface area contributed by atoms with Gasteiger partial charge in [0.15, 0.2) is 0 Å². The molecule has 1 aliphatic heterocycles. The molecule has 1 aromatic rings. The molecule has 2 heterocycles. The van der Waals surface area contributed by atoms with Gasteiger partial charge in [0, 0.05) is 13.1 Å². The van der Waals surface area contributed by atoms with Crippen LogP contribution in [-0.2, 0) is 5.60 Å². The first-order valence-corrected chi connectivity index (χ1v) is 5.83. The summed E-state index contributed by atoms with van der Waals surface area (Å²) in [6, 6.07) is 2.95. The van der Waals surface area contributed by atoms with E-state index in [2.05, 4.69) is 11.8 Å². The third-order valence-electron chi connectivity index (χ3n) is 3.41. The number of likely N-dealkylation sites (tertiary alicyclic amines) is 1. The molecule has 1 aliphatic rings. The fourth-order valence-electron chi connectivity index (χ4n) is 2.19. The zero-order valence-electron chi connectivity index (χ0n) is 9.85. The van der Waals surface area contributed by atoms with E-state index in [0.717, 1.165) is 19.6 Å². The Bertz CT molecular complexity index is 404. The molecule has 0 saturated carbocycles. The van der Waals surface area contributed by atoms with Crippen molar-refractivity contribution in [1.29, 1.82) is 0 Å². The van der Waals surface area contributed by atoms with Crippen molar-refractivity contribution in [3.63, 3.8) is 0 Å². The molecule has 0 spiro atoms. The van der Waals surface area contributed by atoms with Gasteiger partial charge in [-0.2, -0.15) is 0 Å². The molecule has 0 amide bonds. The van der Waals surface area contributed by atoms with Gasteiger partial charge in [0.05, 0.1) is 0 Å². The normalized spacial score (nSPS) is 20.4. The Hall–Kier alpha value is -1.33. The number of nitrogens with zero attached hydrogens (tertiary/aromatic N) is 1. The first-order chi connectivity index (χ1) is 8.05. The molecule has 0 unspecified atom stereocenters. The summed E-state index contributed by atoms with van der Waals surface area (Å²) in [6.07, 6.45) is 1.15. The monoisotopic (exact) mass is 239 g/mol. The molecule has 1 saturated heterocycles. The van der Waals surface area contributed by atoms with Crippen molar-refractivity contribution in [3.8, 4) is 0 Å². The van der Waals surface area contributed by atoms with Crippen molar-refractivity contribution in [1.82, 2.24) is 4.90 Å². The Morgan fingerprint density at radius 1 is 1.47 bits per heavy atom. The molecule has 0 bridgehead atoms. The number of furan rings is 1. The maximum absolute atomic E-state index is 10.7. The predicted octanol–water partition coefficient (Wildman–Crippen LogP) is 1.28. The molecule has 2 N–H and O–H groups in total. The smallest absolute Gasteiger partial charge is 0.371 e. The lowest BCUT2D eigenvalue weighted by Crippen LogP contribution is -2.42. The Balaban J connectivity index is 2.13. The average molecular weight is 239 g/mol. The van der Waals surface area contributed by atoms with E-state index in [1.165, 1.54) is 6.07 Å². The van der Waals surface area contributed by atoms with Gasteiger partial charge in [-0.15, -0.1) is 0 Å². The van der Waals surface area contributed by atoms with E-state index >= 15 is 0 Å². The fourth-order valence-corrected chi connectivity index (χ4v) is 2.19. The van der Waals surface area contributed by atoms with Gasteiger partial charge in [-0.3, -0.25) is 0 Å². The van der Waals surface area contributed by atoms with Crippen molar-refractivity contribution in [2.45, 2.75) is 25.4 Å². The first-order valence-electron chi connectivity index (χ1n) is 5.83. The summed E-state index contributed by atoms with van der Waals surface area (Å²) in [6.45, 7) is 4.65. The second-order valence-electron chi connectivity index (χ2n) is 4.43. The molecule has 0 aromatic carbocycles. The van der Waals surface area contributed by atoms with E-state index in [4.69, 9.17) is 9.52 Å². The van der Waals surface area contributed by atoms with Crippen LogP contribution in [0.3, 0.4) is 0 Å². The molecule has 94 valence electrons. The molecule has 5 heteroatoms. The van der Waals surface area contributed by atoms with Crippen molar-refractivity contribution >= 4 is 5.97 Å². The van der Waals surface area contributed by atoms with Crippen LogP contribution in [0.15, 0.2) is 16.5 Å². The maximum atomic E-state index is 10.7. The molecule has 0 radical (unpaired) electrons. The number of carbonyl (C=O) groups is 1. The Morgan fingerprint density at radius 3 is 2.59 bits per heavy atom. The van der Waals surface area contributed by atoms with Crippen molar-refractivity contribution in [3.05, 3.63) is 23.7 Å². The summed E-state index contributed by atoms with van der Waals surface area (Å²) >= 11 is 0. The molecule has 17 heavy (non-hydrogen) atoms. The summed E-state index contributed by atoms with van der Waals surface area (Å²) in [5.74, 6) is -0.858. The Morgan fingerprint density at radius 2 is 2.12 bits per heavy atom. The number of carboxylic acids is 1. The highest BCUT2D eigenvalue weighted by atomic mass is 16.4. The molecule has 2 rings (SSSR count). The fraction of sp³-hybridized carbons (Fsp3) is 0.583. The predicted molar refractivity (Wildman–Crippen MR) is 60.9 cm³/mol. The minimum absolute atomic E-state index is 0.119. The Kier molecular flexibility index (Phi) is 3.22. The minimum Gasteiger partial charge on any atom is -0.475 e. The summed E-state index contributed by atoms with van der Waals surface area (Å²) in [4.78, 5) is 13.0. The molecule has 1 fully saturated rings. The largest absolute Gasteiger partial charge is 0.475 e. The highest BCUT2D eigenvalue weighted by Gasteiger charge is 2.36. The number of hydrogen-bond acceptors (Lipinski definition) is 4. The van der Waals surface area contributed by atoms with Crippen LogP contribution in [0.1, 0.15) is 36.1 Å². The quantitative estimate of drug-likeness (QED) is 0.831. The van der Waals surface area contributed by atoms with Crippen LogP contribution in [0.25, 0.3) is 0 Å². The van der Waals surface area contributed by atoms with Crippen LogP contribution < -0.4 is 0 Å². The van der Waals surface area contributed by atoms with E-state index in [0.29, 0.717) is 18.6 Å². The highest BCUT2D eigenvalue weighted by Crippen LogP contribution is 2.33. The highest BCUT2D eigenvalue weighted by molar-refractivity contribution is 5.84. The van der Waals surface area contributed by atoms with Crippen molar-refractivity contribution in [2.75, 3.05) is 19.6 Å². The third kappa shape index (κ3) is 2.35. The number of aliphatic hydroxyl groups is 1. The number of aromatic carboxylic acids is 1. The lowest BCUT2D eigenvalue weighted by molar-refractivity contribution is -0.0415. The Labute approximate surface area is 99.6 Å². The molecule has 0 atom stereocenters. The standard InChI is InChI=1S/C12H17NO4/c1-2-13-7-5-12(16,6-8-13)10-4-3-9(17-10)11(14)15/h3-4,16H,2,5-8H2,1H3,(H,14,15). The van der Waals surface area contributed by atoms with Crippen LogP contribution in [0.5, 0.6) is 0 Å². The van der Waals surface area contributed by atoms with Gasteiger partial charge in [0.1, 0.15) is 11.4 Å². The van der Waals surface area contributed by atoms with E-state index in [1.54, 1.807) is 6.07 Å². The van der Waals surface area contributed by atoms with Crippen LogP contribution in [-0.4, -0.2) is 40.7 Å². The van der Waals surface area contributed by atoms with Gasteiger partial charge in [-0.1, -0.05) is 6.92 Å². The van der Waals surface area contributed by atoms with Crippen LogP contribution in [0.4, 0.5) is 0 Å². The van der Waals surface area contributed by atoms with E-state index in [9.17, 15) is 9.90 Å². The number of carboxylic acid groups (broad SMARTS) is 1. The average Bonchev–Trinajstić information content (AvgIpc) is 2.80. The second kappa shape index (κ2) is 4.50. The van der Waals surface area contributed by atoms with Crippen LogP contribution in [0, 0.1) is 0 Å². The molecule has 0 aliphatic carbocycles. The molecule has 5 nitrogen and oxygen atoms in total. The van der Waals surface area contributed by atoms with Gasteiger partial charge >= 0.3 is 5.97 Å². The van der Waals surface area contributed by atoms with Gasteiger partial charge in [-0.25, -0.2) is 4.79 Å². The maximum Gasteiger partial charge on any atom is 0.371 e. The van der Waals surface area contributed by atoms with E-state index < -0.39 is 11.6 Å². The SMILES string of the molecule is CCN1CCC(O)(c2ccc(C(=O)O)o2)CC1. The molecular weight excluding hydrogens is 222 g/mol. The van der Waals surface area contributed by atoms with Crippen molar-refractivity contribution in [2.24, 2.45) is 0 Å². The van der Waals surface area contributed by atoms with Gasteiger partial charge in [-0.05, 0) is 31.5 Å². The minimum atomic E-state index is -1.11. The summed E-state index contributed by atoms with van der Waals surface area (Å²) in [5.41, 5.74) is -1.01. The molecule has 1 aromatic heterocycles. The zero-order chi connectivity index (χ0) is 12.5. The number of rotatable bonds is 3. The summed E-state index contributed by atoms with van der Waals surface area (Å²) in [7, 11) is 0. The summed E-state index contributed by atoms with van der Waals surface area (Å²) < 4.78 is 5.19. The van der Waals surface area contributed by atoms with E-state index in [-0.39, 0.29) is 5.76 Å². The van der Waals surface area contributed by atoms with Crippen LogP contribution >= 0.6 is 0 Å². The van der Waals surface area contributed by atoms with Crippen molar-refractivity contribution < 1.29 is 19.4 Å². The lowest BCUT2D eigenvalue weighted by Gasteiger charge is -2.36. The third-order valence-corrected chi connectivity index (χ3v) is 3.41. The number of hydrogen-bond donors (Lipinski definition) is 2. The molecular formula is C12H17NO4. The van der Waals surface area contributed by atoms with Gasteiger partial charge in [0.25, 0.3) is 0 Å².